The van der Waals surface area contributed by atoms with Crippen molar-refractivity contribution in [2.75, 3.05) is 5.73 Å². The molecule has 0 unspecified atom stereocenters. The second-order valence-electron chi connectivity index (χ2n) is 2.96. The van der Waals surface area contributed by atoms with Crippen molar-refractivity contribution in [3.8, 4) is 5.69 Å². The molecule has 1 aromatic carbocycles. The predicted molar refractivity (Wildman–Crippen MR) is 60.0 cm³/mol. The Balaban J connectivity index is 0.000000980. The van der Waals surface area contributed by atoms with E-state index < -0.39 is 0 Å². The van der Waals surface area contributed by atoms with Crippen molar-refractivity contribution in [3.05, 3.63) is 42.2 Å². The van der Waals surface area contributed by atoms with Crippen molar-refractivity contribution < 1.29 is 0 Å². The smallest absolute Gasteiger partial charge is 0.0874 e. The van der Waals surface area contributed by atoms with Crippen molar-refractivity contribution in [2.24, 2.45) is 0 Å². The van der Waals surface area contributed by atoms with Crippen molar-refractivity contribution in [2.45, 2.75) is 6.92 Å². The largest absolute Gasteiger partial charge is 0.397 e. The maximum absolute atomic E-state index is 5.80. The highest BCUT2D eigenvalue weighted by atomic mass is 35.5. The average Bonchev–Trinajstić information content (AvgIpc) is 2.53. The van der Waals surface area contributed by atoms with Crippen LogP contribution in [0.2, 0.25) is 0 Å². The zero-order valence-corrected chi connectivity index (χ0v) is 8.66. The maximum Gasteiger partial charge on any atom is 0.0874 e. The summed E-state index contributed by atoms with van der Waals surface area (Å²) in [5, 5.41) is 4.28. The molecule has 0 fully saturated rings. The number of para-hydroxylation sites is 2. The predicted octanol–water partition coefficient (Wildman–Crippen LogP) is 2.18. The van der Waals surface area contributed by atoms with E-state index in [0.29, 0.717) is 0 Å². The Hall–Kier alpha value is -1.48. The summed E-state index contributed by atoms with van der Waals surface area (Å²) in [6.07, 6.45) is 1.90. The van der Waals surface area contributed by atoms with Crippen LogP contribution in [0.4, 0.5) is 5.69 Å². The van der Waals surface area contributed by atoms with Crippen LogP contribution in [-0.4, -0.2) is 9.78 Å². The van der Waals surface area contributed by atoms with Gasteiger partial charge in [-0.1, -0.05) is 12.1 Å². The van der Waals surface area contributed by atoms with E-state index >= 15 is 0 Å². The molecule has 1 aromatic heterocycles. The van der Waals surface area contributed by atoms with Gasteiger partial charge in [0.25, 0.3) is 0 Å². The first kappa shape index (κ1) is 10.6. The van der Waals surface area contributed by atoms with Gasteiger partial charge in [0.15, 0.2) is 0 Å². The Bertz CT molecular complexity index is 423. The first-order valence-corrected chi connectivity index (χ1v) is 4.14. The number of nitrogens with zero attached hydrogens (tertiary/aromatic N) is 2. The molecule has 74 valence electrons. The van der Waals surface area contributed by atoms with Crippen LogP contribution in [0.15, 0.2) is 36.5 Å². The normalized spacial score (nSPS) is 9.50. The summed E-state index contributed by atoms with van der Waals surface area (Å²) in [5.74, 6) is 0. The van der Waals surface area contributed by atoms with E-state index in [1.165, 1.54) is 0 Å². The van der Waals surface area contributed by atoms with Gasteiger partial charge in [-0.25, -0.2) is 4.68 Å². The number of hydrogen-bond acceptors (Lipinski definition) is 2. The van der Waals surface area contributed by atoms with Gasteiger partial charge in [-0.3, -0.25) is 0 Å². The molecule has 0 atom stereocenters. The lowest BCUT2D eigenvalue weighted by Crippen LogP contribution is -1.99. The summed E-state index contributed by atoms with van der Waals surface area (Å²) in [4.78, 5) is 0. The molecule has 0 bridgehead atoms. The Labute approximate surface area is 89.0 Å². The molecule has 4 heteroatoms. The van der Waals surface area contributed by atoms with Gasteiger partial charge in [0.05, 0.1) is 17.1 Å². The van der Waals surface area contributed by atoms with Crippen molar-refractivity contribution in [3.63, 3.8) is 0 Å². The lowest BCUT2D eigenvalue weighted by molar-refractivity contribution is 0.865. The monoisotopic (exact) mass is 209 g/mol. The Morgan fingerprint density at radius 3 is 2.50 bits per heavy atom. The zero-order chi connectivity index (χ0) is 9.26. The number of rotatable bonds is 1. The molecule has 2 N–H and O–H groups in total. The minimum absolute atomic E-state index is 0. The number of halogens is 1. The van der Waals surface area contributed by atoms with Gasteiger partial charge in [-0.05, 0) is 25.1 Å². The first-order chi connectivity index (χ1) is 6.27. The number of nitrogens with two attached hydrogens (primary N) is 1. The Kier molecular flexibility index (Phi) is 3.14. The van der Waals surface area contributed by atoms with Gasteiger partial charge >= 0.3 is 0 Å². The summed E-state index contributed by atoms with van der Waals surface area (Å²) in [6.45, 7) is 1.95. The summed E-state index contributed by atoms with van der Waals surface area (Å²) in [6, 6.07) is 9.62. The van der Waals surface area contributed by atoms with E-state index in [0.717, 1.165) is 17.1 Å². The summed E-state index contributed by atoms with van der Waals surface area (Å²) in [7, 11) is 0. The van der Waals surface area contributed by atoms with Gasteiger partial charge in [-0.15, -0.1) is 12.4 Å². The van der Waals surface area contributed by atoms with Crippen molar-refractivity contribution in [1.29, 1.82) is 0 Å². The number of aromatic nitrogens is 2. The molecule has 0 aliphatic rings. The van der Waals surface area contributed by atoms with Crippen LogP contribution in [0.3, 0.4) is 0 Å². The molecule has 0 aliphatic carbocycles. The van der Waals surface area contributed by atoms with Gasteiger partial charge < -0.3 is 5.73 Å². The zero-order valence-electron chi connectivity index (χ0n) is 7.84. The maximum atomic E-state index is 5.80. The fourth-order valence-electron chi connectivity index (χ4n) is 1.25. The van der Waals surface area contributed by atoms with Gasteiger partial charge in [0.2, 0.25) is 0 Å². The quantitative estimate of drug-likeness (QED) is 0.732. The summed E-state index contributed by atoms with van der Waals surface area (Å²) in [5.41, 5.74) is 8.46. The third-order valence-corrected chi connectivity index (χ3v) is 1.91. The minimum Gasteiger partial charge on any atom is -0.397 e. The van der Waals surface area contributed by atoms with Crippen LogP contribution in [0, 0.1) is 6.92 Å². The van der Waals surface area contributed by atoms with Gasteiger partial charge in [-0.2, -0.15) is 5.10 Å². The topological polar surface area (TPSA) is 43.8 Å². The molecular weight excluding hydrogens is 198 g/mol. The highest BCUT2D eigenvalue weighted by Gasteiger charge is 2.00. The highest BCUT2D eigenvalue weighted by molar-refractivity contribution is 5.85. The fourth-order valence-corrected chi connectivity index (χ4v) is 1.25. The molecule has 3 nitrogen and oxygen atoms in total. The molecule has 0 amide bonds. The van der Waals surface area contributed by atoms with Crippen LogP contribution in [0.1, 0.15) is 5.69 Å². The average molecular weight is 210 g/mol. The highest BCUT2D eigenvalue weighted by Crippen LogP contribution is 2.15. The first-order valence-electron chi connectivity index (χ1n) is 4.14. The fraction of sp³-hybridized carbons (Fsp3) is 0.100. The van der Waals surface area contributed by atoms with Crippen LogP contribution in [-0.2, 0) is 0 Å². The van der Waals surface area contributed by atoms with Crippen LogP contribution >= 0.6 is 12.4 Å². The molecule has 0 saturated heterocycles. The molecule has 0 spiro atoms. The standard InChI is InChI=1S/C10H11N3.ClH/c1-8-6-7-13(12-8)10-5-3-2-4-9(10)11;/h2-7H,11H2,1H3;1H. The van der Waals surface area contributed by atoms with E-state index in [9.17, 15) is 0 Å². The van der Waals surface area contributed by atoms with Crippen LogP contribution in [0.25, 0.3) is 5.69 Å². The third kappa shape index (κ3) is 1.88. The van der Waals surface area contributed by atoms with Crippen molar-refractivity contribution in [1.82, 2.24) is 9.78 Å². The molecular formula is C10H12ClN3. The SMILES string of the molecule is Cc1ccn(-c2ccccc2N)n1.Cl. The molecule has 0 saturated carbocycles. The minimum atomic E-state index is 0. The number of benzene rings is 1. The summed E-state index contributed by atoms with van der Waals surface area (Å²) < 4.78 is 1.78. The van der Waals surface area contributed by atoms with Crippen LogP contribution < -0.4 is 5.73 Å². The number of anilines is 1. The molecule has 0 radical (unpaired) electrons. The van der Waals surface area contributed by atoms with Crippen molar-refractivity contribution >= 4 is 18.1 Å². The van der Waals surface area contributed by atoms with E-state index in [1.807, 2.05) is 43.5 Å². The Morgan fingerprint density at radius 2 is 1.93 bits per heavy atom. The molecule has 14 heavy (non-hydrogen) atoms. The number of hydrogen-bond donors (Lipinski definition) is 1. The molecule has 2 rings (SSSR count). The lowest BCUT2D eigenvalue weighted by atomic mass is 10.3. The second-order valence-corrected chi connectivity index (χ2v) is 2.96. The lowest BCUT2D eigenvalue weighted by Gasteiger charge is -2.03. The van der Waals surface area contributed by atoms with E-state index in [-0.39, 0.29) is 12.4 Å². The van der Waals surface area contributed by atoms with E-state index in [2.05, 4.69) is 5.10 Å². The van der Waals surface area contributed by atoms with E-state index in [1.54, 1.807) is 4.68 Å². The molecule has 0 aliphatic heterocycles. The third-order valence-electron chi connectivity index (χ3n) is 1.91. The molecule has 2 aromatic rings. The Morgan fingerprint density at radius 1 is 1.21 bits per heavy atom. The van der Waals surface area contributed by atoms with Gasteiger partial charge in [0, 0.05) is 6.20 Å². The number of nitrogen functional groups attached to an aromatic ring is 1. The van der Waals surface area contributed by atoms with E-state index in [4.69, 9.17) is 5.73 Å². The second kappa shape index (κ2) is 4.15. The number of aryl methyl sites for hydroxylation is 1. The summed E-state index contributed by atoms with van der Waals surface area (Å²) >= 11 is 0. The van der Waals surface area contributed by atoms with Crippen LogP contribution in [0.5, 0.6) is 0 Å². The molecule has 1 heterocycles. The van der Waals surface area contributed by atoms with Gasteiger partial charge in [0.1, 0.15) is 0 Å².